The first kappa shape index (κ1) is 19.2. The van der Waals surface area contributed by atoms with Gasteiger partial charge in [0.05, 0.1) is 30.8 Å². The number of fused-ring (bicyclic) bond motifs is 2. The van der Waals surface area contributed by atoms with Gasteiger partial charge in [0.1, 0.15) is 5.75 Å². The SMILES string of the molecule is COc1cc2nc(C(=O)NCc3ccc4c(c3)NC(=O)CO4)[nH]c(=O)c2cc1OC. The number of benzene rings is 2. The average molecular weight is 410 g/mol. The second-order valence-corrected chi connectivity index (χ2v) is 6.49. The lowest BCUT2D eigenvalue weighted by molar-refractivity contribution is -0.118. The summed E-state index contributed by atoms with van der Waals surface area (Å²) in [4.78, 5) is 43.1. The maximum Gasteiger partial charge on any atom is 0.287 e. The molecule has 154 valence electrons. The van der Waals surface area contributed by atoms with E-state index in [4.69, 9.17) is 14.2 Å². The third kappa shape index (κ3) is 3.62. The van der Waals surface area contributed by atoms with Gasteiger partial charge in [-0.2, -0.15) is 0 Å². The highest BCUT2D eigenvalue weighted by Crippen LogP contribution is 2.30. The highest BCUT2D eigenvalue weighted by Gasteiger charge is 2.17. The fourth-order valence-corrected chi connectivity index (χ4v) is 3.08. The number of methoxy groups -OCH3 is 2. The highest BCUT2D eigenvalue weighted by molar-refractivity contribution is 5.95. The maximum atomic E-state index is 12.5. The Kier molecular flexibility index (Phi) is 4.97. The summed E-state index contributed by atoms with van der Waals surface area (Å²) in [7, 11) is 2.93. The number of nitrogens with one attached hydrogen (secondary N) is 3. The quantitative estimate of drug-likeness (QED) is 0.576. The van der Waals surface area contributed by atoms with E-state index >= 15 is 0 Å². The van der Waals surface area contributed by atoms with Crippen molar-refractivity contribution >= 4 is 28.4 Å². The predicted octanol–water partition coefficient (Wildman–Crippen LogP) is 1.20. The Balaban J connectivity index is 1.55. The Hall–Kier alpha value is -4.08. The van der Waals surface area contributed by atoms with Gasteiger partial charge in [0, 0.05) is 12.6 Å². The lowest BCUT2D eigenvalue weighted by Gasteiger charge is -2.18. The number of hydrogen-bond acceptors (Lipinski definition) is 7. The molecule has 10 nitrogen and oxygen atoms in total. The molecule has 1 aromatic heterocycles. The zero-order chi connectivity index (χ0) is 21.3. The Morgan fingerprint density at radius 2 is 1.93 bits per heavy atom. The van der Waals surface area contributed by atoms with E-state index in [2.05, 4.69) is 20.6 Å². The minimum Gasteiger partial charge on any atom is -0.493 e. The van der Waals surface area contributed by atoms with Gasteiger partial charge in [-0.25, -0.2) is 4.98 Å². The summed E-state index contributed by atoms with van der Waals surface area (Å²) < 4.78 is 15.7. The van der Waals surface area contributed by atoms with Crippen molar-refractivity contribution in [3.63, 3.8) is 0 Å². The molecule has 0 saturated carbocycles. The molecule has 0 radical (unpaired) electrons. The van der Waals surface area contributed by atoms with Crippen LogP contribution in [0.25, 0.3) is 10.9 Å². The molecule has 2 heterocycles. The molecule has 10 heteroatoms. The van der Waals surface area contributed by atoms with Gasteiger partial charge in [-0.15, -0.1) is 0 Å². The molecule has 0 unspecified atom stereocenters. The maximum absolute atomic E-state index is 12.5. The Morgan fingerprint density at radius 3 is 2.70 bits per heavy atom. The zero-order valence-electron chi connectivity index (χ0n) is 16.2. The second kappa shape index (κ2) is 7.74. The number of anilines is 1. The number of rotatable bonds is 5. The van der Waals surface area contributed by atoms with Crippen LogP contribution in [-0.4, -0.2) is 42.6 Å². The minimum atomic E-state index is -0.554. The van der Waals surface area contributed by atoms with Gasteiger partial charge in [-0.3, -0.25) is 14.4 Å². The number of amides is 2. The van der Waals surface area contributed by atoms with E-state index in [1.165, 1.54) is 26.4 Å². The predicted molar refractivity (Wildman–Crippen MR) is 107 cm³/mol. The third-order valence-corrected chi connectivity index (χ3v) is 4.56. The van der Waals surface area contributed by atoms with E-state index in [1.807, 2.05) is 0 Å². The molecule has 4 rings (SSSR count). The van der Waals surface area contributed by atoms with Crippen molar-refractivity contribution < 1.29 is 23.8 Å². The van der Waals surface area contributed by atoms with Crippen LogP contribution in [0, 0.1) is 0 Å². The van der Waals surface area contributed by atoms with Gasteiger partial charge in [0.2, 0.25) is 0 Å². The summed E-state index contributed by atoms with van der Waals surface area (Å²) in [6.07, 6.45) is 0. The van der Waals surface area contributed by atoms with Crippen molar-refractivity contribution in [1.82, 2.24) is 15.3 Å². The van der Waals surface area contributed by atoms with Crippen LogP contribution in [0.3, 0.4) is 0 Å². The largest absolute Gasteiger partial charge is 0.493 e. The van der Waals surface area contributed by atoms with Crippen LogP contribution in [0.5, 0.6) is 17.2 Å². The summed E-state index contributed by atoms with van der Waals surface area (Å²) in [5.74, 6) is 0.421. The molecule has 3 aromatic rings. The standard InChI is InChI=1S/C20H18N4O6/c1-28-15-6-11-12(7-16(15)29-2)23-18(24-19(11)26)20(27)21-8-10-3-4-14-13(5-10)22-17(25)9-30-14/h3-7H,8-9H2,1-2H3,(H,21,27)(H,22,25)(H,23,24,26). The number of carbonyl (C=O) groups excluding carboxylic acids is 2. The lowest BCUT2D eigenvalue weighted by atomic mass is 10.1. The van der Waals surface area contributed by atoms with E-state index < -0.39 is 11.5 Å². The van der Waals surface area contributed by atoms with Crippen LogP contribution in [-0.2, 0) is 11.3 Å². The van der Waals surface area contributed by atoms with Crippen LogP contribution in [0.2, 0.25) is 0 Å². The molecule has 30 heavy (non-hydrogen) atoms. The summed E-state index contributed by atoms with van der Waals surface area (Å²) in [6.45, 7) is 0.135. The van der Waals surface area contributed by atoms with Crippen molar-refractivity contribution in [3.05, 3.63) is 52.1 Å². The summed E-state index contributed by atoms with van der Waals surface area (Å²) in [6, 6.07) is 8.23. The first-order chi connectivity index (χ1) is 14.5. The normalized spacial score (nSPS) is 12.5. The zero-order valence-corrected chi connectivity index (χ0v) is 16.2. The summed E-state index contributed by atoms with van der Waals surface area (Å²) >= 11 is 0. The van der Waals surface area contributed by atoms with Gasteiger partial charge in [0.15, 0.2) is 23.9 Å². The number of ether oxygens (including phenoxy) is 3. The molecular weight excluding hydrogens is 392 g/mol. The molecule has 2 amide bonds. The number of hydrogen-bond donors (Lipinski definition) is 3. The minimum absolute atomic E-state index is 0.0270. The molecular formula is C20H18N4O6. The van der Waals surface area contributed by atoms with Gasteiger partial charge < -0.3 is 29.8 Å². The van der Waals surface area contributed by atoms with Crippen LogP contribution in [0.15, 0.2) is 35.1 Å². The van der Waals surface area contributed by atoms with Gasteiger partial charge >= 0.3 is 0 Å². The lowest BCUT2D eigenvalue weighted by Crippen LogP contribution is -2.28. The molecule has 0 saturated heterocycles. The Morgan fingerprint density at radius 1 is 1.17 bits per heavy atom. The molecule has 3 N–H and O–H groups in total. The number of nitrogens with zero attached hydrogens (tertiary/aromatic N) is 1. The fraction of sp³-hybridized carbons (Fsp3) is 0.200. The van der Waals surface area contributed by atoms with Crippen molar-refractivity contribution in [2.75, 3.05) is 26.1 Å². The van der Waals surface area contributed by atoms with E-state index in [1.54, 1.807) is 18.2 Å². The highest BCUT2D eigenvalue weighted by atomic mass is 16.5. The van der Waals surface area contributed by atoms with E-state index in [-0.39, 0.29) is 30.3 Å². The van der Waals surface area contributed by atoms with E-state index in [9.17, 15) is 14.4 Å². The number of aromatic amines is 1. The van der Waals surface area contributed by atoms with Crippen molar-refractivity contribution in [3.8, 4) is 17.2 Å². The van der Waals surface area contributed by atoms with Crippen LogP contribution in [0.1, 0.15) is 16.2 Å². The van der Waals surface area contributed by atoms with Crippen LogP contribution < -0.4 is 30.4 Å². The van der Waals surface area contributed by atoms with Crippen LogP contribution >= 0.6 is 0 Å². The van der Waals surface area contributed by atoms with Crippen molar-refractivity contribution in [1.29, 1.82) is 0 Å². The van der Waals surface area contributed by atoms with Crippen LogP contribution in [0.4, 0.5) is 5.69 Å². The van der Waals surface area contributed by atoms with E-state index in [0.717, 1.165) is 5.56 Å². The molecule has 0 fully saturated rings. The summed E-state index contributed by atoms with van der Waals surface area (Å²) in [5.41, 5.74) is 1.11. The van der Waals surface area contributed by atoms with Gasteiger partial charge in [-0.05, 0) is 23.8 Å². The molecule has 2 aromatic carbocycles. The molecule has 1 aliphatic heterocycles. The molecule has 0 aliphatic carbocycles. The van der Waals surface area contributed by atoms with E-state index in [0.29, 0.717) is 28.5 Å². The molecule has 1 aliphatic rings. The first-order valence-corrected chi connectivity index (χ1v) is 8.98. The van der Waals surface area contributed by atoms with Crippen molar-refractivity contribution in [2.45, 2.75) is 6.54 Å². The van der Waals surface area contributed by atoms with Gasteiger partial charge in [-0.1, -0.05) is 6.07 Å². The van der Waals surface area contributed by atoms with Gasteiger partial charge in [0.25, 0.3) is 17.4 Å². The smallest absolute Gasteiger partial charge is 0.287 e. The monoisotopic (exact) mass is 410 g/mol. The number of aromatic nitrogens is 2. The first-order valence-electron chi connectivity index (χ1n) is 8.98. The fourth-order valence-electron chi connectivity index (χ4n) is 3.08. The Labute approximate surface area is 170 Å². The topological polar surface area (TPSA) is 132 Å². The number of H-pyrrole nitrogens is 1. The second-order valence-electron chi connectivity index (χ2n) is 6.49. The molecule has 0 atom stereocenters. The molecule has 0 spiro atoms. The third-order valence-electron chi connectivity index (χ3n) is 4.56. The molecule has 0 bridgehead atoms. The Bertz CT molecular complexity index is 1220. The average Bonchev–Trinajstić information content (AvgIpc) is 2.76. The number of carbonyl (C=O) groups is 2. The van der Waals surface area contributed by atoms with Crippen molar-refractivity contribution in [2.24, 2.45) is 0 Å². The summed E-state index contributed by atoms with van der Waals surface area (Å²) in [5, 5.41) is 5.68.